The van der Waals surface area contributed by atoms with Gasteiger partial charge in [0.25, 0.3) is 0 Å². The second-order valence-corrected chi connectivity index (χ2v) is 4.67. The second kappa shape index (κ2) is 6.02. The third kappa shape index (κ3) is 3.11. The molecule has 1 saturated heterocycles. The van der Waals surface area contributed by atoms with Crippen LogP contribution in [0.3, 0.4) is 0 Å². The summed E-state index contributed by atoms with van der Waals surface area (Å²) >= 11 is 6.12. The fourth-order valence-corrected chi connectivity index (χ4v) is 2.29. The van der Waals surface area contributed by atoms with E-state index in [1.807, 2.05) is 6.07 Å². The van der Waals surface area contributed by atoms with Crippen molar-refractivity contribution in [3.8, 4) is 0 Å². The van der Waals surface area contributed by atoms with Gasteiger partial charge in [-0.2, -0.15) is 0 Å². The Morgan fingerprint density at radius 3 is 2.78 bits per heavy atom. The van der Waals surface area contributed by atoms with Crippen LogP contribution in [-0.4, -0.2) is 55.6 Å². The fourth-order valence-electron chi connectivity index (χ4n) is 2.05. The van der Waals surface area contributed by atoms with E-state index in [-0.39, 0.29) is 5.91 Å². The van der Waals surface area contributed by atoms with Gasteiger partial charge < -0.3 is 10.2 Å². The van der Waals surface area contributed by atoms with Gasteiger partial charge in [0.1, 0.15) is 0 Å². The number of amides is 1. The quantitative estimate of drug-likeness (QED) is 0.872. The van der Waals surface area contributed by atoms with Gasteiger partial charge in [0.2, 0.25) is 5.91 Å². The number of likely N-dealkylation sites (N-methyl/N-ethyl adjacent to an activating group) is 1. The van der Waals surface area contributed by atoms with Crippen LogP contribution in [0, 0.1) is 0 Å². The van der Waals surface area contributed by atoms with Crippen LogP contribution < -0.4 is 10.2 Å². The maximum absolute atomic E-state index is 11.3. The van der Waals surface area contributed by atoms with Gasteiger partial charge in [0.05, 0.1) is 17.3 Å². The lowest BCUT2D eigenvalue weighted by atomic mass is 10.2. The number of nitrogens with one attached hydrogen (secondary N) is 1. The fraction of sp³-hybridized carbons (Fsp3) is 0.500. The summed E-state index contributed by atoms with van der Waals surface area (Å²) in [4.78, 5) is 19.6. The van der Waals surface area contributed by atoms with Gasteiger partial charge >= 0.3 is 0 Å². The highest BCUT2D eigenvalue weighted by Crippen LogP contribution is 2.24. The van der Waals surface area contributed by atoms with Crippen molar-refractivity contribution in [1.29, 1.82) is 0 Å². The lowest BCUT2D eigenvalue weighted by Crippen LogP contribution is -2.49. The van der Waals surface area contributed by atoms with Crippen LogP contribution in [-0.2, 0) is 4.79 Å². The summed E-state index contributed by atoms with van der Waals surface area (Å²) in [5, 5.41) is 3.32. The molecule has 0 spiro atoms. The molecule has 1 amide bonds. The Morgan fingerprint density at radius 2 is 2.17 bits per heavy atom. The molecule has 98 valence electrons. The molecule has 0 saturated carbocycles. The third-order valence-corrected chi connectivity index (χ3v) is 3.40. The summed E-state index contributed by atoms with van der Waals surface area (Å²) in [6.07, 6.45) is 3.41. The molecule has 2 rings (SSSR count). The van der Waals surface area contributed by atoms with Gasteiger partial charge in [0, 0.05) is 45.6 Å². The predicted octanol–water partition coefficient (Wildman–Crippen LogP) is 0.603. The summed E-state index contributed by atoms with van der Waals surface area (Å²) in [6, 6.07) is 1.93. The van der Waals surface area contributed by atoms with Crippen LogP contribution >= 0.6 is 11.6 Å². The molecule has 18 heavy (non-hydrogen) atoms. The van der Waals surface area contributed by atoms with E-state index in [1.54, 1.807) is 19.4 Å². The van der Waals surface area contributed by atoms with E-state index in [4.69, 9.17) is 11.6 Å². The minimum absolute atomic E-state index is 0.0605. The minimum atomic E-state index is 0.0605. The number of nitrogens with zero attached hydrogens (tertiary/aromatic N) is 3. The van der Waals surface area contributed by atoms with E-state index in [0.29, 0.717) is 11.6 Å². The molecule has 1 aliphatic rings. The van der Waals surface area contributed by atoms with Crippen LogP contribution in [0.4, 0.5) is 5.69 Å². The van der Waals surface area contributed by atoms with E-state index >= 15 is 0 Å². The minimum Gasteiger partial charge on any atom is -0.368 e. The second-order valence-electron chi connectivity index (χ2n) is 4.26. The molecule has 1 N–H and O–H groups in total. The Bertz CT molecular complexity index is 418. The number of pyridine rings is 1. The van der Waals surface area contributed by atoms with Gasteiger partial charge in [-0.05, 0) is 6.07 Å². The first kappa shape index (κ1) is 13.1. The van der Waals surface area contributed by atoms with Crippen molar-refractivity contribution >= 4 is 23.2 Å². The number of piperazine rings is 1. The molecule has 0 unspecified atom stereocenters. The van der Waals surface area contributed by atoms with E-state index in [1.165, 1.54) is 0 Å². The van der Waals surface area contributed by atoms with E-state index < -0.39 is 0 Å². The average molecular weight is 269 g/mol. The van der Waals surface area contributed by atoms with Crippen LogP contribution in [0.5, 0.6) is 0 Å². The topological polar surface area (TPSA) is 48.5 Å². The number of rotatable bonds is 3. The predicted molar refractivity (Wildman–Crippen MR) is 72.0 cm³/mol. The van der Waals surface area contributed by atoms with Crippen LogP contribution in [0.2, 0.25) is 5.02 Å². The zero-order valence-electron chi connectivity index (χ0n) is 10.4. The van der Waals surface area contributed by atoms with Crippen LogP contribution in [0.15, 0.2) is 18.5 Å². The smallest absolute Gasteiger partial charge is 0.233 e. The Balaban J connectivity index is 1.91. The summed E-state index contributed by atoms with van der Waals surface area (Å²) in [5.74, 6) is 0.0605. The number of carbonyl (C=O) groups is 1. The maximum atomic E-state index is 11.3. The lowest BCUT2D eigenvalue weighted by Gasteiger charge is -2.35. The molecule has 2 heterocycles. The number of aromatic nitrogens is 1. The van der Waals surface area contributed by atoms with E-state index in [2.05, 4.69) is 20.1 Å². The number of halogens is 1. The molecular formula is C12H17ClN4O. The molecule has 0 aromatic carbocycles. The van der Waals surface area contributed by atoms with Crippen LogP contribution in [0.25, 0.3) is 0 Å². The summed E-state index contributed by atoms with van der Waals surface area (Å²) in [5.41, 5.74) is 1.02. The summed E-state index contributed by atoms with van der Waals surface area (Å²) in [6.45, 7) is 3.95. The maximum Gasteiger partial charge on any atom is 0.233 e. The van der Waals surface area contributed by atoms with Crippen LogP contribution in [0.1, 0.15) is 0 Å². The molecule has 1 aliphatic heterocycles. The van der Waals surface area contributed by atoms with E-state index in [9.17, 15) is 4.79 Å². The number of hydrogen-bond donors (Lipinski definition) is 1. The number of anilines is 1. The summed E-state index contributed by atoms with van der Waals surface area (Å²) < 4.78 is 0. The first-order valence-corrected chi connectivity index (χ1v) is 6.36. The molecule has 0 aliphatic carbocycles. The molecule has 0 atom stereocenters. The zero-order chi connectivity index (χ0) is 13.0. The highest BCUT2D eigenvalue weighted by molar-refractivity contribution is 6.33. The highest BCUT2D eigenvalue weighted by atomic mass is 35.5. The van der Waals surface area contributed by atoms with Crippen molar-refractivity contribution in [3.63, 3.8) is 0 Å². The molecule has 1 aromatic heterocycles. The van der Waals surface area contributed by atoms with Crippen molar-refractivity contribution in [2.75, 3.05) is 44.7 Å². The Kier molecular flexibility index (Phi) is 4.38. The van der Waals surface area contributed by atoms with Gasteiger partial charge in [0.15, 0.2) is 0 Å². The molecular weight excluding hydrogens is 252 g/mol. The first-order valence-electron chi connectivity index (χ1n) is 5.98. The molecule has 5 nitrogen and oxygen atoms in total. The van der Waals surface area contributed by atoms with Crippen molar-refractivity contribution in [1.82, 2.24) is 15.2 Å². The SMILES string of the molecule is CNC(=O)CN1CCN(c2ccncc2Cl)CC1. The Hall–Kier alpha value is -1.33. The zero-order valence-corrected chi connectivity index (χ0v) is 11.2. The van der Waals surface area contributed by atoms with Gasteiger partial charge in [-0.15, -0.1) is 0 Å². The third-order valence-electron chi connectivity index (χ3n) is 3.11. The van der Waals surface area contributed by atoms with Crippen molar-refractivity contribution in [2.24, 2.45) is 0 Å². The Morgan fingerprint density at radius 1 is 1.44 bits per heavy atom. The average Bonchev–Trinajstić information content (AvgIpc) is 2.40. The van der Waals surface area contributed by atoms with Crippen molar-refractivity contribution in [2.45, 2.75) is 0 Å². The number of hydrogen-bond acceptors (Lipinski definition) is 4. The molecule has 1 aromatic rings. The Labute approximate surface area is 112 Å². The molecule has 6 heteroatoms. The molecule has 0 bridgehead atoms. The molecule has 1 fully saturated rings. The van der Waals surface area contributed by atoms with Crippen molar-refractivity contribution in [3.05, 3.63) is 23.5 Å². The standard InChI is InChI=1S/C12H17ClN4O/c1-14-12(18)9-16-4-6-17(7-5-16)11-2-3-15-8-10(11)13/h2-3,8H,4-7,9H2,1H3,(H,14,18). The van der Waals surface area contributed by atoms with Crippen molar-refractivity contribution < 1.29 is 4.79 Å². The number of carbonyl (C=O) groups excluding carboxylic acids is 1. The van der Waals surface area contributed by atoms with Gasteiger partial charge in [-0.1, -0.05) is 11.6 Å². The van der Waals surface area contributed by atoms with Gasteiger partial charge in [-0.3, -0.25) is 14.7 Å². The van der Waals surface area contributed by atoms with Gasteiger partial charge in [-0.25, -0.2) is 0 Å². The highest BCUT2D eigenvalue weighted by Gasteiger charge is 2.19. The monoisotopic (exact) mass is 268 g/mol. The van der Waals surface area contributed by atoms with E-state index in [0.717, 1.165) is 31.9 Å². The largest absolute Gasteiger partial charge is 0.368 e. The first-order chi connectivity index (χ1) is 8.70. The molecule has 0 radical (unpaired) electrons. The summed E-state index contributed by atoms with van der Waals surface area (Å²) in [7, 11) is 1.66. The normalized spacial score (nSPS) is 16.7. The lowest BCUT2D eigenvalue weighted by molar-refractivity contribution is -0.121.